The third-order valence-electron chi connectivity index (χ3n) is 3.04. The SMILES string of the molecule is CC1CCC(N2CCC2)CN1. The fourth-order valence-electron chi connectivity index (χ4n) is 2.00. The third-order valence-corrected chi connectivity index (χ3v) is 3.04. The van der Waals surface area contributed by atoms with Crippen molar-refractivity contribution in [3.05, 3.63) is 0 Å². The molecule has 2 rings (SSSR count). The van der Waals surface area contributed by atoms with Crippen molar-refractivity contribution < 1.29 is 0 Å². The van der Waals surface area contributed by atoms with Crippen molar-refractivity contribution in [1.29, 1.82) is 0 Å². The van der Waals surface area contributed by atoms with Gasteiger partial charge in [-0.2, -0.15) is 0 Å². The highest BCUT2D eigenvalue weighted by atomic mass is 15.2. The molecular weight excluding hydrogens is 136 g/mol. The van der Waals surface area contributed by atoms with Gasteiger partial charge in [0.1, 0.15) is 0 Å². The van der Waals surface area contributed by atoms with E-state index in [1.165, 1.54) is 38.9 Å². The van der Waals surface area contributed by atoms with E-state index in [4.69, 9.17) is 0 Å². The third kappa shape index (κ3) is 1.57. The summed E-state index contributed by atoms with van der Waals surface area (Å²) in [5, 5.41) is 3.54. The molecule has 0 aromatic rings. The molecule has 0 aromatic carbocycles. The molecule has 2 fully saturated rings. The summed E-state index contributed by atoms with van der Waals surface area (Å²) in [6.07, 6.45) is 4.20. The van der Waals surface area contributed by atoms with Crippen molar-refractivity contribution in [2.45, 2.75) is 38.3 Å². The first kappa shape index (κ1) is 7.56. The standard InChI is InChI=1S/C9H18N2/c1-8-3-4-9(7-10-8)11-5-2-6-11/h8-10H,2-7H2,1H3. The van der Waals surface area contributed by atoms with Gasteiger partial charge in [0.25, 0.3) is 0 Å². The number of piperidine rings is 1. The molecular formula is C9H18N2. The van der Waals surface area contributed by atoms with E-state index in [2.05, 4.69) is 17.1 Å². The quantitative estimate of drug-likeness (QED) is 0.602. The summed E-state index contributed by atoms with van der Waals surface area (Å²) in [5.41, 5.74) is 0. The van der Waals surface area contributed by atoms with Crippen LogP contribution in [0, 0.1) is 0 Å². The Labute approximate surface area is 69.0 Å². The monoisotopic (exact) mass is 154 g/mol. The Morgan fingerprint density at radius 2 is 2.09 bits per heavy atom. The molecule has 2 heterocycles. The molecule has 0 aliphatic carbocycles. The van der Waals surface area contributed by atoms with Crippen LogP contribution in [-0.4, -0.2) is 36.6 Å². The Morgan fingerprint density at radius 1 is 1.27 bits per heavy atom. The average molecular weight is 154 g/mol. The highest BCUT2D eigenvalue weighted by Crippen LogP contribution is 2.18. The largest absolute Gasteiger partial charge is 0.313 e. The molecule has 2 unspecified atom stereocenters. The summed E-state index contributed by atoms with van der Waals surface area (Å²) in [6, 6.07) is 1.62. The van der Waals surface area contributed by atoms with Gasteiger partial charge in [0.15, 0.2) is 0 Å². The molecule has 64 valence electrons. The van der Waals surface area contributed by atoms with E-state index in [9.17, 15) is 0 Å². The van der Waals surface area contributed by atoms with Gasteiger partial charge in [0.05, 0.1) is 0 Å². The van der Waals surface area contributed by atoms with E-state index >= 15 is 0 Å². The molecule has 0 amide bonds. The molecule has 1 N–H and O–H groups in total. The van der Waals surface area contributed by atoms with Gasteiger partial charge in [-0.3, -0.25) is 4.90 Å². The van der Waals surface area contributed by atoms with E-state index < -0.39 is 0 Å². The Hall–Kier alpha value is -0.0800. The van der Waals surface area contributed by atoms with Crippen LogP contribution in [0.5, 0.6) is 0 Å². The van der Waals surface area contributed by atoms with Crippen LogP contribution in [0.2, 0.25) is 0 Å². The van der Waals surface area contributed by atoms with Gasteiger partial charge >= 0.3 is 0 Å². The van der Waals surface area contributed by atoms with Crippen molar-refractivity contribution in [3.63, 3.8) is 0 Å². The predicted octanol–water partition coefficient (Wildman–Crippen LogP) is 0.833. The lowest BCUT2D eigenvalue weighted by atomic mass is 9.98. The van der Waals surface area contributed by atoms with Crippen LogP contribution in [0.4, 0.5) is 0 Å². The molecule has 2 atom stereocenters. The fourth-order valence-corrected chi connectivity index (χ4v) is 2.00. The van der Waals surface area contributed by atoms with Crippen LogP contribution in [0.15, 0.2) is 0 Å². The van der Waals surface area contributed by atoms with E-state index in [1.807, 2.05) is 0 Å². The maximum absolute atomic E-state index is 3.54. The molecule has 2 aliphatic rings. The Kier molecular flexibility index (Phi) is 2.14. The lowest BCUT2D eigenvalue weighted by molar-refractivity contribution is 0.0919. The number of rotatable bonds is 1. The molecule has 2 heteroatoms. The minimum absolute atomic E-state index is 0.757. The molecule has 2 aliphatic heterocycles. The van der Waals surface area contributed by atoms with Gasteiger partial charge < -0.3 is 5.32 Å². The van der Waals surface area contributed by atoms with E-state index in [-0.39, 0.29) is 0 Å². The second-order valence-electron chi connectivity index (χ2n) is 3.93. The van der Waals surface area contributed by atoms with Crippen molar-refractivity contribution >= 4 is 0 Å². The number of likely N-dealkylation sites (tertiary alicyclic amines) is 1. The zero-order valence-electron chi connectivity index (χ0n) is 7.34. The van der Waals surface area contributed by atoms with Crippen molar-refractivity contribution in [2.75, 3.05) is 19.6 Å². The van der Waals surface area contributed by atoms with Crippen LogP contribution in [0.3, 0.4) is 0 Å². The average Bonchev–Trinajstić information content (AvgIpc) is 1.90. The first-order valence-electron chi connectivity index (χ1n) is 4.83. The van der Waals surface area contributed by atoms with Gasteiger partial charge in [0, 0.05) is 18.6 Å². The zero-order valence-corrected chi connectivity index (χ0v) is 7.34. The van der Waals surface area contributed by atoms with Crippen molar-refractivity contribution in [2.24, 2.45) is 0 Å². The lowest BCUT2D eigenvalue weighted by Gasteiger charge is -2.41. The number of hydrogen-bond acceptors (Lipinski definition) is 2. The van der Waals surface area contributed by atoms with Crippen molar-refractivity contribution in [3.8, 4) is 0 Å². The summed E-state index contributed by atoms with van der Waals surface area (Å²) < 4.78 is 0. The van der Waals surface area contributed by atoms with Crippen molar-refractivity contribution in [1.82, 2.24) is 10.2 Å². The molecule has 11 heavy (non-hydrogen) atoms. The first-order valence-corrected chi connectivity index (χ1v) is 4.83. The molecule has 0 radical (unpaired) electrons. The fraction of sp³-hybridized carbons (Fsp3) is 1.00. The first-order chi connectivity index (χ1) is 5.36. The van der Waals surface area contributed by atoms with Gasteiger partial charge in [-0.25, -0.2) is 0 Å². The second kappa shape index (κ2) is 3.11. The predicted molar refractivity (Wildman–Crippen MR) is 46.7 cm³/mol. The van der Waals surface area contributed by atoms with Gasteiger partial charge in [-0.05, 0) is 39.3 Å². The van der Waals surface area contributed by atoms with E-state index in [1.54, 1.807) is 0 Å². The topological polar surface area (TPSA) is 15.3 Å². The molecule has 0 saturated carbocycles. The number of nitrogens with one attached hydrogen (secondary N) is 1. The van der Waals surface area contributed by atoms with E-state index in [0.29, 0.717) is 0 Å². The normalized spacial score (nSPS) is 40.1. The highest BCUT2D eigenvalue weighted by Gasteiger charge is 2.26. The summed E-state index contributed by atoms with van der Waals surface area (Å²) in [6.45, 7) is 6.20. The Balaban J connectivity index is 1.77. The van der Waals surface area contributed by atoms with Crippen LogP contribution in [0.1, 0.15) is 26.2 Å². The van der Waals surface area contributed by atoms with Crippen LogP contribution < -0.4 is 5.32 Å². The summed E-state index contributed by atoms with van der Waals surface area (Å²) >= 11 is 0. The summed E-state index contributed by atoms with van der Waals surface area (Å²) in [4.78, 5) is 2.61. The van der Waals surface area contributed by atoms with Crippen LogP contribution in [0.25, 0.3) is 0 Å². The lowest BCUT2D eigenvalue weighted by Crippen LogP contribution is -2.53. The maximum atomic E-state index is 3.54. The van der Waals surface area contributed by atoms with Crippen LogP contribution in [-0.2, 0) is 0 Å². The Bertz CT molecular complexity index is 124. The van der Waals surface area contributed by atoms with Crippen LogP contribution >= 0.6 is 0 Å². The smallest absolute Gasteiger partial charge is 0.0221 e. The summed E-state index contributed by atoms with van der Waals surface area (Å²) in [5.74, 6) is 0. The minimum atomic E-state index is 0.757. The Morgan fingerprint density at radius 3 is 2.55 bits per heavy atom. The molecule has 0 bridgehead atoms. The van der Waals surface area contributed by atoms with Gasteiger partial charge in [0.2, 0.25) is 0 Å². The molecule has 0 aromatic heterocycles. The van der Waals surface area contributed by atoms with Gasteiger partial charge in [-0.15, -0.1) is 0 Å². The second-order valence-corrected chi connectivity index (χ2v) is 3.93. The number of nitrogens with zero attached hydrogens (tertiary/aromatic N) is 1. The summed E-state index contributed by atoms with van der Waals surface area (Å²) in [7, 11) is 0. The number of hydrogen-bond donors (Lipinski definition) is 1. The zero-order chi connectivity index (χ0) is 7.68. The maximum Gasteiger partial charge on any atom is 0.0221 e. The molecule has 0 spiro atoms. The highest BCUT2D eigenvalue weighted by molar-refractivity contribution is 4.85. The van der Waals surface area contributed by atoms with E-state index in [0.717, 1.165) is 12.1 Å². The molecule has 2 saturated heterocycles. The molecule has 2 nitrogen and oxygen atoms in total. The van der Waals surface area contributed by atoms with Gasteiger partial charge in [-0.1, -0.05) is 0 Å². The minimum Gasteiger partial charge on any atom is -0.313 e.